The maximum atomic E-state index is 10.3. The first-order valence-corrected chi connectivity index (χ1v) is 5.21. The zero-order chi connectivity index (χ0) is 8.44. The van der Waals surface area contributed by atoms with Crippen LogP contribution in [0.2, 0.25) is 0 Å². The van der Waals surface area contributed by atoms with Gasteiger partial charge in [-0.3, -0.25) is 0 Å². The zero-order valence-corrected chi connectivity index (χ0v) is 7.63. The molecule has 2 rings (SSSR count). The maximum Gasteiger partial charge on any atom is 0.0855 e. The van der Waals surface area contributed by atoms with E-state index < -0.39 is 5.60 Å². The van der Waals surface area contributed by atoms with Crippen LogP contribution in [-0.2, 0) is 0 Å². The zero-order valence-electron chi connectivity index (χ0n) is 7.63. The summed E-state index contributed by atoms with van der Waals surface area (Å²) in [6, 6.07) is 0. The Hall–Kier alpha value is -0.300. The molecule has 0 amide bonds. The molecular weight excluding hydrogens is 148 g/mol. The lowest BCUT2D eigenvalue weighted by Crippen LogP contribution is -2.35. The molecule has 12 heavy (non-hydrogen) atoms. The van der Waals surface area contributed by atoms with Crippen molar-refractivity contribution in [1.82, 2.24) is 0 Å². The fraction of sp³-hybridized carbons (Fsp3) is 0.818. The Bertz CT molecular complexity index is 179. The second-order valence-electron chi connectivity index (χ2n) is 4.27. The quantitative estimate of drug-likeness (QED) is 0.594. The third-order valence-electron chi connectivity index (χ3n) is 3.42. The molecule has 1 saturated carbocycles. The predicted octanol–water partition coefficient (Wildman–Crippen LogP) is 2.65. The highest BCUT2D eigenvalue weighted by atomic mass is 16.3. The van der Waals surface area contributed by atoms with Crippen molar-refractivity contribution in [1.29, 1.82) is 0 Å². The van der Waals surface area contributed by atoms with Gasteiger partial charge in [0, 0.05) is 0 Å². The van der Waals surface area contributed by atoms with Crippen molar-refractivity contribution >= 4 is 0 Å². The summed E-state index contributed by atoms with van der Waals surface area (Å²) in [5.41, 5.74) is -0.422. The van der Waals surface area contributed by atoms with Crippen molar-refractivity contribution in [2.45, 2.75) is 50.5 Å². The normalized spacial score (nSPS) is 37.4. The number of rotatable bonds is 1. The average molecular weight is 166 g/mol. The van der Waals surface area contributed by atoms with Crippen LogP contribution < -0.4 is 0 Å². The van der Waals surface area contributed by atoms with E-state index in [-0.39, 0.29) is 0 Å². The highest BCUT2D eigenvalue weighted by Gasteiger charge is 2.36. The highest BCUT2D eigenvalue weighted by molar-refractivity contribution is 5.08. The van der Waals surface area contributed by atoms with Crippen LogP contribution in [-0.4, -0.2) is 10.7 Å². The minimum absolute atomic E-state index is 0.422. The molecule has 0 spiro atoms. The summed E-state index contributed by atoms with van der Waals surface area (Å²) in [7, 11) is 0. The molecule has 2 aliphatic carbocycles. The summed E-state index contributed by atoms with van der Waals surface area (Å²) in [4.78, 5) is 0. The standard InChI is InChI=1S/C11H18O/c12-11(8-4-1-5-9-11)10-6-2-3-7-10/h4,8,10,12H,1-3,5-7,9H2. The third kappa shape index (κ3) is 1.42. The van der Waals surface area contributed by atoms with Crippen molar-refractivity contribution in [3.63, 3.8) is 0 Å². The fourth-order valence-electron chi connectivity index (χ4n) is 2.64. The van der Waals surface area contributed by atoms with Gasteiger partial charge >= 0.3 is 0 Å². The first kappa shape index (κ1) is 8.31. The molecule has 0 aromatic carbocycles. The Labute approximate surface area is 74.5 Å². The van der Waals surface area contributed by atoms with Gasteiger partial charge in [-0.15, -0.1) is 0 Å². The van der Waals surface area contributed by atoms with Crippen LogP contribution >= 0.6 is 0 Å². The predicted molar refractivity (Wildman–Crippen MR) is 49.9 cm³/mol. The van der Waals surface area contributed by atoms with Crippen molar-refractivity contribution in [2.24, 2.45) is 5.92 Å². The molecule has 0 radical (unpaired) electrons. The molecule has 0 saturated heterocycles. The largest absolute Gasteiger partial charge is 0.386 e. The fourth-order valence-corrected chi connectivity index (χ4v) is 2.64. The summed E-state index contributed by atoms with van der Waals surface area (Å²) in [5.74, 6) is 0.564. The van der Waals surface area contributed by atoms with E-state index in [9.17, 15) is 5.11 Å². The second-order valence-corrected chi connectivity index (χ2v) is 4.27. The first-order chi connectivity index (χ1) is 5.81. The van der Waals surface area contributed by atoms with E-state index in [0.717, 1.165) is 12.8 Å². The lowest BCUT2D eigenvalue weighted by molar-refractivity contribution is 0.0168. The van der Waals surface area contributed by atoms with Gasteiger partial charge in [-0.1, -0.05) is 25.0 Å². The topological polar surface area (TPSA) is 20.2 Å². The number of aliphatic hydroxyl groups is 1. The third-order valence-corrected chi connectivity index (χ3v) is 3.42. The van der Waals surface area contributed by atoms with E-state index in [1.165, 1.54) is 32.1 Å². The molecule has 1 unspecified atom stereocenters. The molecule has 0 heterocycles. The van der Waals surface area contributed by atoms with Crippen LogP contribution in [0.5, 0.6) is 0 Å². The Morgan fingerprint density at radius 1 is 1.17 bits per heavy atom. The van der Waals surface area contributed by atoms with Gasteiger partial charge in [0.2, 0.25) is 0 Å². The second kappa shape index (κ2) is 3.21. The minimum atomic E-state index is -0.422. The number of hydrogen-bond acceptors (Lipinski definition) is 1. The molecule has 1 fully saturated rings. The number of hydrogen-bond donors (Lipinski definition) is 1. The number of allylic oxidation sites excluding steroid dienone is 1. The molecule has 1 nitrogen and oxygen atoms in total. The molecule has 0 aromatic heterocycles. The lowest BCUT2D eigenvalue weighted by atomic mass is 9.79. The maximum absolute atomic E-state index is 10.3. The van der Waals surface area contributed by atoms with Gasteiger partial charge in [0.25, 0.3) is 0 Å². The SMILES string of the molecule is OC1(C2CCCC2)C=CCCC1. The molecule has 2 aliphatic rings. The van der Waals surface area contributed by atoms with Crippen LogP contribution in [0.1, 0.15) is 44.9 Å². The summed E-state index contributed by atoms with van der Waals surface area (Å²) in [6.07, 6.45) is 12.7. The Kier molecular flexibility index (Phi) is 2.22. The molecule has 1 N–H and O–H groups in total. The molecular formula is C11H18O. The summed E-state index contributed by atoms with van der Waals surface area (Å²) >= 11 is 0. The molecule has 1 heteroatoms. The van der Waals surface area contributed by atoms with Gasteiger partial charge in [-0.2, -0.15) is 0 Å². The van der Waals surface area contributed by atoms with Gasteiger partial charge in [0.1, 0.15) is 0 Å². The monoisotopic (exact) mass is 166 g/mol. The first-order valence-electron chi connectivity index (χ1n) is 5.21. The van der Waals surface area contributed by atoms with E-state index in [4.69, 9.17) is 0 Å². The van der Waals surface area contributed by atoms with Crippen molar-refractivity contribution < 1.29 is 5.11 Å². The average Bonchev–Trinajstić information content (AvgIpc) is 2.58. The van der Waals surface area contributed by atoms with E-state index in [1.807, 2.05) is 0 Å². The molecule has 0 aromatic rings. The van der Waals surface area contributed by atoms with Crippen molar-refractivity contribution in [2.75, 3.05) is 0 Å². The van der Waals surface area contributed by atoms with Crippen LogP contribution in [0.3, 0.4) is 0 Å². The summed E-state index contributed by atoms with van der Waals surface area (Å²) in [6.45, 7) is 0. The molecule has 0 aliphatic heterocycles. The van der Waals surface area contributed by atoms with E-state index in [0.29, 0.717) is 5.92 Å². The van der Waals surface area contributed by atoms with E-state index in [1.54, 1.807) is 0 Å². The minimum Gasteiger partial charge on any atom is -0.386 e. The molecule has 1 atom stereocenters. The van der Waals surface area contributed by atoms with Crippen LogP contribution in [0.15, 0.2) is 12.2 Å². The van der Waals surface area contributed by atoms with E-state index >= 15 is 0 Å². The van der Waals surface area contributed by atoms with Crippen LogP contribution in [0.4, 0.5) is 0 Å². The van der Waals surface area contributed by atoms with Gasteiger partial charge in [0.05, 0.1) is 5.60 Å². The van der Waals surface area contributed by atoms with Crippen LogP contribution in [0, 0.1) is 5.92 Å². The van der Waals surface area contributed by atoms with Crippen molar-refractivity contribution in [3.8, 4) is 0 Å². The lowest BCUT2D eigenvalue weighted by Gasteiger charge is -2.33. The Morgan fingerprint density at radius 2 is 1.92 bits per heavy atom. The van der Waals surface area contributed by atoms with Gasteiger partial charge in [-0.05, 0) is 38.0 Å². The van der Waals surface area contributed by atoms with E-state index in [2.05, 4.69) is 12.2 Å². The van der Waals surface area contributed by atoms with Crippen LogP contribution in [0.25, 0.3) is 0 Å². The van der Waals surface area contributed by atoms with Gasteiger partial charge in [0.15, 0.2) is 0 Å². The Morgan fingerprint density at radius 3 is 2.50 bits per heavy atom. The highest BCUT2D eigenvalue weighted by Crippen LogP contribution is 2.39. The van der Waals surface area contributed by atoms with Crippen molar-refractivity contribution in [3.05, 3.63) is 12.2 Å². The molecule has 0 bridgehead atoms. The van der Waals surface area contributed by atoms with Gasteiger partial charge < -0.3 is 5.11 Å². The summed E-state index contributed by atoms with van der Waals surface area (Å²) in [5, 5.41) is 10.3. The summed E-state index contributed by atoms with van der Waals surface area (Å²) < 4.78 is 0. The smallest absolute Gasteiger partial charge is 0.0855 e. The Balaban J connectivity index is 2.07. The van der Waals surface area contributed by atoms with Gasteiger partial charge in [-0.25, -0.2) is 0 Å². The molecule has 68 valence electrons.